The molecule has 0 bridgehead atoms. The van der Waals surface area contributed by atoms with Crippen molar-refractivity contribution >= 4 is 10.1 Å². The van der Waals surface area contributed by atoms with E-state index in [4.69, 9.17) is 4.74 Å². The molecule has 27 heavy (non-hydrogen) atoms. The molecule has 0 aliphatic carbocycles. The smallest absolute Gasteiger partial charge is 0.871 e. The van der Waals surface area contributed by atoms with Gasteiger partial charge in [-0.2, -0.15) is 8.42 Å². The summed E-state index contributed by atoms with van der Waals surface area (Å²) in [6.45, 7) is 2.15. The average Bonchev–Trinajstić information content (AvgIpc) is 2.57. The Hall–Kier alpha value is -1.05. The first kappa shape index (κ1) is 24.0. The van der Waals surface area contributed by atoms with Crippen molar-refractivity contribution in [2.45, 2.75) is 56.8 Å². The van der Waals surface area contributed by atoms with Gasteiger partial charge in [-0.25, -0.2) is 0 Å². The van der Waals surface area contributed by atoms with Crippen molar-refractivity contribution in [3.8, 4) is 17.2 Å². The average molecular weight is 400 g/mol. The van der Waals surface area contributed by atoms with Gasteiger partial charge in [0.05, 0.1) is 4.90 Å². The molecule has 2 rings (SSSR count). The molecule has 0 fully saturated rings. The Labute approximate surface area is 183 Å². The fourth-order valence-corrected chi connectivity index (χ4v) is 3.70. The monoisotopic (exact) mass is 400 g/mol. The molecule has 142 valence electrons. The maximum Gasteiger partial charge on any atom is 1.00 e. The van der Waals surface area contributed by atoms with Gasteiger partial charge in [-0.15, -0.1) is 0 Å². The second-order valence-electron chi connectivity index (χ2n) is 6.32. The third-order valence-electron chi connectivity index (χ3n) is 4.14. The Kier molecular flexibility index (Phi) is 10.4. The first-order chi connectivity index (χ1) is 12.4. The quantitative estimate of drug-likeness (QED) is 0.373. The molecular formula is C20H25NaO5S. The van der Waals surface area contributed by atoms with Crippen LogP contribution in [0.2, 0.25) is 0 Å². The molecule has 5 nitrogen and oxygen atoms in total. The van der Waals surface area contributed by atoms with Crippen LogP contribution in [0, 0.1) is 0 Å². The minimum absolute atomic E-state index is 0. The predicted octanol–water partition coefficient (Wildman–Crippen LogP) is 1.71. The van der Waals surface area contributed by atoms with E-state index in [0.717, 1.165) is 38.2 Å². The Morgan fingerprint density at radius 1 is 0.963 bits per heavy atom. The van der Waals surface area contributed by atoms with E-state index in [1.54, 1.807) is 24.3 Å². The summed E-state index contributed by atoms with van der Waals surface area (Å²) in [4.78, 5) is -0.536. The zero-order valence-electron chi connectivity index (χ0n) is 16.0. The fraction of sp³-hybridized carbons (Fsp3) is 0.400. The molecule has 0 atom stereocenters. The molecule has 0 aliphatic heterocycles. The molecular weight excluding hydrogens is 375 g/mol. The molecule has 2 aromatic carbocycles. The van der Waals surface area contributed by atoms with Gasteiger partial charge in [0.2, 0.25) is 0 Å². The van der Waals surface area contributed by atoms with Crippen molar-refractivity contribution in [3.05, 3.63) is 48.0 Å². The molecule has 0 heterocycles. The van der Waals surface area contributed by atoms with Gasteiger partial charge in [0.25, 0.3) is 10.1 Å². The first-order valence-corrected chi connectivity index (χ1v) is 10.4. The summed E-state index contributed by atoms with van der Waals surface area (Å²) in [6.07, 6.45) is 6.66. The van der Waals surface area contributed by atoms with Crippen LogP contribution in [0.5, 0.6) is 17.2 Å². The third-order valence-corrected chi connectivity index (χ3v) is 5.12. The van der Waals surface area contributed by atoms with E-state index in [2.05, 4.69) is 6.92 Å². The number of rotatable bonds is 10. The van der Waals surface area contributed by atoms with Gasteiger partial charge in [-0.1, -0.05) is 63.0 Å². The van der Waals surface area contributed by atoms with Gasteiger partial charge in [-0.05, 0) is 42.7 Å². The third kappa shape index (κ3) is 7.84. The molecule has 0 unspecified atom stereocenters. The minimum atomic E-state index is -4.57. The van der Waals surface area contributed by atoms with Crippen molar-refractivity contribution in [2.75, 3.05) is 0 Å². The van der Waals surface area contributed by atoms with E-state index in [-0.39, 0.29) is 35.3 Å². The van der Waals surface area contributed by atoms with Gasteiger partial charge in [0.15, 0.2) is 0 Å². The largest absolute Gasteiger partial charge is 1.00 e. The zero-order valence-corrected chi connectivity index (χ0v) is 18.8. The van der Waals surface area contributed by atoms with Gasteiger partial charge >= 0.3 is 29.6 Å². The molecule has 0 spiro atoms. The molecule has 0 saturated carbocycles. The predicted molar refractivity (Wildman–Crippen MR) is 99.3 cm³/mol. The summed E-state index contributed by atoms with van der Waals surface area (Å²) in [5, 5.41) is 12.3. The van der Waals surface area contributed by atoms with E-state index in [1.165, 1.54) is 12.5 Å². The zero-order chi connectivity index (χ0) is 19.0. The minimum Gasteiger partial charge on any atom is -0.871 e. The maximum absolute atomic E-state index is 12.3. The summed E-state index contributed by atoms with van der Waals surface area (Å²) in [5.41, 5.74) is 0.307. The molecule has 0 saturated heterocycles. The second-order valence-corrected chi connectivity index (χ2v) is 7.68. The van der Waals surface area contributed by atoms with E-state index in [1.807, 2.05) is 6.07 Å². The first-order valence-electron chi connectivity index (χ1n) is 8.96. The van der Waals surface area contributed by atoms with Gasteiger partial charge in [-0.3, -0.25) is 4.55 Å². The topological polar surface area (TPSA) is 86.7 Å². The van der Waals surface area contributed by atoms with Gasteiger partial charge in [0, 0.05) is 0 Å². The number of hydrogen-bond acceptors (Lipinski definition) is 4. The molecule has 0 aliphatic rings. The van der Waals surface area contributed by atoms with Crippen LogP contribution in [0.15, 0.2) is 47.4 Å². The second kappa shape index (κ2) is 11.7. The summed E-state index contributed by atoms with van der Waals surface area (Å²) >= 11 is 0. The molecule has 0 radical (unpaired) electrons. The molecule has 1 N–H and O–H groups in total. The van der Waals surface area contributed by atoms with Crippen LogP contribution in [-0.2, 0) is 16.5 Å². The number of unbranched alkanes of at least 4 members (excludes halogenated alkanes) is 5. The van der Waals surface area contributed by atoms with Crippen LogP contribution in [0.4, 0.5) is 0 Å². The number of benzene rings is 2. The molecule has 7 heteroatoms. The van der Waals surface area contributed by atoms with Crippen LogP contribution in [0.3, 0.4) is 0 Å². The molecule has 0 aromatic heterocycles. The van der Waals surface area contributed by atoms with Crippen LogP contribution in [0.25, 0.3) is 0 Å². The summed E-state index contributed by atoms with van der Waals surface area (Å²) in [7, 11) is -4.57. The summed E-state index contributed by atoms with van der Waals surface area (Å²) in [5.74, 6) is 0.0773. The number of aryl methyl sites for hydroxylation is 1. The molecule has 2 aromatic rings. The Bertz CT molecular complexity index is 807. The van der Waals surface area contributed by atoms with Crippen molar-refractivity contribution in [1.82, 2.24) is 0 Å². The van der Waals surface area contributed by atoms with Crippen LogP contribution < -0.4 is 39.4 Å². The number of hydrogen-bond donors (Lipinski definition) is 1. The van der Waals surface area contributed by atoms with Crippen molar-refractivity contribution in [2.24, 2.45) is 0 Å². The fourth-order valence-electron chi connectivity index (χ4n) is 2.89. The van der Waals surface area contributed by atoms with Gasteiger partial charge in [0.1, 0.15) is 11.5 Å². The van der Waals surface area contributed by atoms with Gasteiger partial charge < -0.3 is 9.84 Å². The number of ether oxygens (including phenoxy) is 1. The Morgan fingerprint density at radius 3 is 2.22 bits per heavy atom. The Balaban J connectivity index is 0.00000364. The normalized spacial score (nSPS) is 11.0. The van der Waals surface area contributed by atoms with E-state index >= 15 is 0 Å². The van der Waals surface area contributed by atoms with Crippen molar-refractivity contribution in [1.29, 1.82) is 0 Å². The maximum atomic E-state index is 12.3. The van der Waals surface area contributed by atoms with Crippen LogP contribution >= 0.6 is 0 Å². The Morgan fingerprint density at radius 2 is 1.59 bits per heavy atom. The van der Waals surface area contributed by atoms with Crippen molar-refractivity contribution < 1.29 is 52.4 Å². The summed E-state index contributed by atoms with van der Waals surface area (Å²) < 4.78 is 38.4. The van der Waals surface area contributed by atoms with Crippen LogP contribution in [-0.4, -0.2) is 13.0 Å². The van der Waals surface area contributed by atoms with Crippen LogP contribution in [0.1, 0.15) is 51.0 Å². The SMILES string of the molecule is CCCCCCCCc1cc(Oc2ccccc2)cc([O-])c1S(=O)(=O)O.[Na+]. The number of para-hydroxylation sites is 1. The van der Waals surface area contributed by atoms with E-state index in [9.17, 15) is 18.1 Å². The molecule has 0 amide bonds. The van der Waals surface area contributed by atoms with E-state index in [0.29, 0.717) is 17.7 Å². The summed E-state index contributed by atoms with van der Waals surface area (Å²) in [6, 6.07) is 11.6. The standard InChI is InChI=1S/C20H26O5S.Na/c1-2-3-4-5-6-8-11-16-14-18(25-17-12-9-7-10-13-17)15-19(21)20(16)26(22,23)24;/h7,9-10,12-15,21H,2-6,8,11H2,1H3,(H,22,23,24);/q;+1/p-1. The van der Waals surface area contributed by atoms with E-state index < -0.39 is 20.8 Å². The van der Waals surface area contributed by atoms with Crippen molar-refractivity contribution in [3.63, 3.8) is 0 Å².